The summed E-state index contributed by atoms with van der Waals surface area (Å²) in [6.45, 7) is 5.47. The lowest BCUT2D eigenvalue weighted by Gasteiger charge is -2.13. The average Bonchev–Trinajstić information content (AvgIpc) is 3.51. The maximum atomic E-state index is 12.5. The molecule has 2 aromatic rings. The number of nitrogens with one attached hydrogen (secondary N) is 2. The second-order valence-electron chi connectivity index (χ2n) is 7.52. The Labute approximate surface area is 180 Å². The fourth-order valence-corrected chi connectivity index (χ4v) is 4.01. The van der Waals surface area contributed by atoms with Crippen LogP contribution in [0, 0.1) is 20.8 Å². The van der Waals surface area contributed by atoms with Crippen LogP contribution in [0.15, 0.2) is 41.3 Å². The van der Waals surface area contributed by atoms with Gasteiger partial charge in [0.2, 0.25) is 5.91 Å². The van der Waals surface area contributed by atoms with E-state index in [0.29, 0.717) is 16.5 Å². The molecule has 2 amide bonds. The maximum Gasteiger partial charge on any atom is 0.339 e. The monoisotopic (exact) mass is 426 g/mol. The van der Waals surface area contributed by atoms with E-state index < -0.39 is 11.9 Å². The van der Waals surface area contributed by atoms with Gasteiger partial charge >= 0.3 is 5.97 Å². The first kappa shape index (κ1) is 21.9. The van der Waals surface area contributed by atoms with Crippen LogP contribution < -0.4 is 10.6 Å². The Balaban J connectivity index is 1.55. The number of thioether (sulfide) groups is 1. The van der Waals surface area contributed by atoms with Crippen LogP contribution in [0.25, 0.3) is 0 Å². The highest BCUT2D eigenvalue weighted by Gasteiger charge is 2.23. The van der Waals surface area contributed by atoms with Crippen molar-refractivity contribution in [2.45, 2.75) is 44.6 Å². The lowest BCUT2D eigenvalue weighted by Crippen LogP contribution is -2.27. The molecule has 158 valence electrons. The van der Waals surface area contributed by atoms with Crippen molar-refractivity contribution in [3.63, 3.8) is 0 Å². The number of carbonyl (C=O) groups is 3. The van der Waals surface area contributed by atoms with Crippen molar-refractivity contribution < 1.29 is 19.1 Å². The Morgan fingerprint density at radius 1 is 1.03 bits per heavy atom. The Morgan fingerprint density at radius 2 is 1.70 bits per heavy atom. The topological polar surface area (TPSA) is 84.5 Å². The third-order valence-corrected chi connectivity index (χ3v) is 5.76. The summed E-state index contributed by atoms with van der Waals surface area (Å²) in [5.74, 6) is -0.804. The van der Waals surface area contributed by atoms with Crippen LogP contribution in [-0.4, -0.2) is 36.2 Å². The lowest BCUT2D eigenvalue weighted by molar-refractivity contribution is -0.119. The molecule has 1 saturated carbocycles. The van der Waals surface area contributed by atoms with Crippen LogP contribution in [0.5, 0.6) is 0 Å². The largest absolute Gasteiger partial charge is 0.452 e. The zero-order valence-electron chi connectivity index (χ0n) is 17.4. The SMILES string of the molecule is Cc1cc(C)c(NC(=O)COC(=O)c2ccccc2SCC(=O)NC2CC2)c(C)c1. The zero-order valence-corrected chi connectivity index (χ0v) is 18.2. The average molecular weight is 427 g/mol. The molecule has 0 radical (unpaired) electrons. The summed E-state index contributed by atoms with van der Waals surface area (Å²) in [7, 11) is 0. The quantitative estimate of drug-likeness (QED) is 0.496. The predicted molar refractivity (Wildman–Crippen MR) is 118 cm³/mol. The van der Waals surface area contributed by atoms with E-state index in [4.69, 9.17) is 4.74 Å². The summed E-state index contributed by atoms with van der Waals surface area (Å²) >= 11 is 1.28. The van der Waals surface area contributed by atoms with Crippen LogP contribution in [0.4, 0.5) is 5.69 Å². The predicted octanol–water partition coefficient (Wildman–Crippen LogP) is 3.78. The molecule has 0 bridgehead atoms. The van der Waals surface area contributed by atoms with E-state index in [0.717, 1.165) is 35.2 Å². The highest BCUT2D eigenvalue weighted by atomic mass is 32.2. The highest BCUT2D eigenvalue weighted by Crippen LogP contribution is 2.25. The summed E-state index contributed by atoms with van der Waals surface area (Å²) < 4.78 is 5.22. The number of benzene rings is 2. The fraction of sp³-hybridized carbons (Fsp3) is 0.348. The molecule has 0 aromatic heterocycles. The number of ether oxygens (including phenoxy) is 1. The number of hydrogen-bond acceptors (Lipinski definition) is 5. The van der Waals surface area contributed by atoms with E-state index in [2.05, 4.69) is 10.6 Å². The van der Waals surface area contributed by atoms with E-state index >= 15 is 0 Å². The lowest BCUT2D eigenvalue weighted by atomic mass is 10.1. The number of carbonyl (C=O) groups excluding carboxylic acids is 3. The van der Waals surface area contributed by atoms with Crippen LogP contribution >= 0.6 is 11.8 Å². The van der Waals surface area contributed by atoms with Gasteiger partial charge in [0, 0.05) is 16.6 Å². The molecule has 2 N–H and O–H groups in total. The molecule has 6 nitrogen and oxygen atoms in total. The van der Waals surface area contributed by atoms with Gasteiger partial charge in [0.1, 0.15) is 0 Å². The molecule has 0 saturated heterocycles. The molecule has 1 fully saturated rings. The molecular formula is C23H26N2O4S. The molecule has 7 heteroatoms. The number of anilines is 1. The van der Waals surface area contributed by atoms with Crippen molar-refractivity contribution >= 4 is 35.2 Å². The van der Waals surface area contributed by atoms with E-state index in [1.165, 1.54) is 11.8 Å². The molecule has 0 unspecified atom stereocenters. The molecule has 30 heavy (non-hydrogen) atoms. The van der Waals surface area contributed by atoms with Gasteiger partial charge in [0.05, 0.1) is 11.3 Å². The molecule has 1 aliphatic carbocycles. The summed E-state index contributed by atoms with van der Waals surface area (Å²) in [4.78, 5) is 37.4. The number of amides is 2. The first-order valence-electron chi connectivity index (χ1n) is 9.89. The van der Waals surface area contributed by atoms with Crippen LogP contribution in [-0.2, 0) is 14.3 Å². The minimum absolute atomic E-state index is 0.0473. The van der Waals surface area contributed by atoms with Gasteiger partial charge in [-0.05, 0) is 56.9 Å². The molecule has 0 aliphatic heterocycles. The third kappa shape index (κ3) is 6.10. The van der Waals surface area contributed by atoms with Gasteiger partial charge < -0.3 is 15.4 Å². The Hall–Kier alpha value is -2.80. The van der Waals surface area contributed by atoms with Gasteiger partial charge in [0.25, 0.3) is 5.91 Å². The standard InChI is InChI=1S/C23H26N2O4S/c1-14-10-15(2)22(16(3)11-14)25-20(26)12-29-23(28)18-6-4-5-7-19(18)30-13-21(27)24-17-8-9-17/h4-7,10-11,17H,8-9,12-13H2,1-3H3,(H,24,27)(H,25,26). The van der Waals surface area contributed by atoms with E-state index in [1.807, 2.05) is 32.9 Å². The third-order valence-electron chi connectivity index (χ3n) is 4.68. The smallest absolute Gasteiger partial charge is 0.339 e. The molecule has 0 heterocycles. The minimum Gasteiger partial charge on any atom is -0.452 e. The van der Waals surface area contributed by atoms with Gasteiger partial charge in [-0.3, -0.25) is 9.59 Å². The number of hydrogen-bond donors (Lipinski definition) is 2. The normalized spacial score (nSPS) is 12.9. The fourth-order valence-electron chi connectivity index (χ4n) is 3.16. The number of aryl methyl sites for hydroxylation is 3. The van der Waals surface area contributed by atoms with Crippen molar-refractivity contribution in [2.75, 3.05) is 17.7 Å². The van der Waals surface area contributed by atoms with Gasteiger partial charge in [-0.2, -0.15) is 0 Å². The van der Waals surface area contributed by atoms with Gasteiger partial charge in [-0.25, -0.2) is 4.79 Å². The zero-order chi connectivity index (χ0) is 21.7. The van der Waals surface area contributed by atoms with Gasteiger partial charge in [-0.1, -0.05) is 29.8 Å². The highest BCUT2D eigenvalue weighted by molar-refractivity contribution is 8.00. The second-order valence-corrected chi connectivity index (χ2v) is 8.54. The van der Waals surface area contributed by atoms with Crippen molar-refractivity contribution in [1.82, 2.24) is 5.32 Å². The second kappa shape index (κ2) is 9.80. The number of rotatable bonds is 8. The van der Waals surface area contributed by atoms with E-state index in [-0.39, 0.29) is 18.3 Å². The molecular weight excluding hydrogens is 400 g/mol. The molecule has 0 atom stereocenters. The van der Waals surface area contributed by atoms with Crippen molar-refractivity contribution in [3.8, 4) is 0 Å². The van der Waals surface area contributed by atoms with Crippen molar-refractivity contribution in [1.29, 1.82) is 0 Å². The van der Waals surface area contributed by atoms with Crippen LogP contribution in [0.2, 0.25) is 0 Å². The summed E-state index contributed by atoms with van der Waals surface area (Å²) in [5.41, 5.74) is 4.11. The first-order valence-corrected chi connectivity index (χ1v) is 10.9. The molecule has 3 rings (SSSR count). The molecule has 1 aliphatic rings. The van der Waals surface area contributed by atoms with Crippen LogP contribution in [0.1, 0.15) is 39.9 Å². The summed E-state index contributed by atoms with van der Waals surface area (Å²) in [5, 5.41) is 5.74. The Kier molecular flexibility index (Phi) is 7.15. The Morgan fingerprint density at radius 3 is 2.37 bits per heavy atom. The molecule has 2 aromatic carbocycles. The number of esters is 1. The maximum absolute atomic E-state index is 12.5. The van der Waals surface area contributed by atoms with Crippen molar-refractivity contribution in [3.05, 3.63) is 58.7 Å². The first-order chi connectivity index (χ1) is 14.3. The summed E-state index contributed by atoms with van der Waals surface area (Å²) in [6, 6.07) is 11.2. The van der Waals surface area contributed by atoms with Crippen molar-refractivity contribution in [2.24, 2.45) is 0 Å². The minimum atomic E-state index is -0.590. The molecule has 0 spiro atoms. The van der Waals surface area contributed by atoms with Crippen LogP contribution in [0.3, 0.4) is 0 Å². The van der Waals surface area contributed by atoms with E-state index in [1.54, 1.807) is 24.3 Å². The van der Waals surface area contributed by atoms with Gasteiger partial charge in [0.15, 0.2) is 6.61 Å². The Bertz CT molecular complexity index is 946. The summed E-state index contributed by atoms with van der Waals surface area (Å²) in [6.07, 6.45) is 2.06. The van der Waals surface area contributed by atoms with E-state index in [9.17, 15) is 14.4 Å². The van der Waals surface area contributed by atoms with Gasteiger partial charge in [-0.15, -0.1) is 11.8 Å².